The third-order valence-corrected chi connectivity index (χ3v) is 3.31. The number of hydrazone groups is 1. The summed E-state index contributed by atoms with van der Waals surface area (Å²) >= 11 is 9.26. The minimum absolute atomic E-state index is 0.151. The number of hydrogen-bond acceptors (Lipinski definition) is 3. The standard InChI is InChI=1S/C15H12BrClN2O2/c16-12-7-5-11(6-8-12)9-18-19-15(20)10-21-14-4-2-1-3-13(14)17/h1-9H,10H2,(H,19,20). The number of nitrogens with zero attached hydrogens (tertiary/aromatic N) is 1. The highest BCUT2D eigenvalue weighted by atomic mass is 79.9. The fourth-order valence-electron chi connectivity index (χ4n) is 1.47. The SMILES string of the molecule is O=C(COc1ccccc1Cl)NN=Cc1ccc(Br)cc1. The van der Waals surface area contributed by atoms with Crippen LogP contribution < -0.4 is 10.2 Å². The summed E-state index contributed by atoms with van der Waals surface area (Å²) in [5.74, 6) is 0.106. The smallest absolute Gasteiger partial charge is 0.277 e. The average Bonchev–Trinajstić information content (AvgIpc) is 2.48. The van der Waals surface area contributed by atoms with Crippen molar-refractivity contribution in [1.82, 2.24) is 5.43 Å². The Balaban J connectivity index is 1.80. The predicted octanol–water partition coefficient (Wildman–Crippen LogP) is 3.63. The van der Waals surface area contributed by atoms with Gasteiger partial charge in [0.2, 0.25) is 0 Å². The molecular formula is C15H12BrClN2O2. The Labute approximate surface area is 135 Å². The molecule has 0 saturated carbocycles. The Morgan fingerprint density at radius 3 is 2.67 bits per heavy atom. The first-order valence-corrected chi connectivity index (χ1v) is 7.27. The summed E-state index contributed by atoms with van der Waals surface area (Å²) in [6, 6.07) is 14.5. The van der Waals surface area contributed by atoms with E-state index in [1.807, 2.05) is 24.3 Å². The van der Waals surface area contributed by atoms with E-state index in [-0.39, 0.29) is 12.5 Å². The van der Waals surface area contributed by atoms with Crippen molar-refractivity contribution in [1.29, 1.82) is 0 Å². The van der Waals surface area contributed by atoms with Gasteiger partial charge in [-0.25, -0.2) is 5.43 Å². The maximum Gasteiger partial charge on any atom is 0.277 e. The lowest BCUT2D eigenvalue weighted by molar-refractivity contribution is -0.123. The number of rotatable bonds is 5. The lowest BCUT2D eigenvalue weighted by atomic mass is 10.2. The van der Waals surface area contributed by atoms with E-state index in [2.05, 4.69) is 26.5 Å². The van der Waals surface area contributed by atoms with Gasteiger partial charge in [0, 0.05) is 4.47 Å². The number of amides is 1. The first-order chi connectivity index (χ1) is 10.1. The predicted molar refractivity (Wildman–Crippen MR) is 86.8 cm³/mol. The Morgan fingerprint density at radius 1 is 1.24 bits per heavy atom. The summed E-state index contributed by atoms with van der Waals surface area (Å²) in [4.78, 5) is 11.6. The van der Waals surface area contributed by atoms with Crippen molar-refractivity contribution >= 4 is 39.7 Å². The quantitative estimate of drug-likeness (QED) is 0.648. The van der Waals surface area contributed by atoms with Gasteiger partial charge in [-0.05, 0) is 29.8 Å². The van der Waals surface area contributed by atoms with E-state index in [1.165, 1.54) is 0 Å². The number of hydrogen-bond donors (Lipinski definition) is 1. The van der Waals surface area contributed by atoms with Crippen molar-refractivity contribution in [3.05, 3.63) is 63.6 Å². The molecule has 0 saturated heterocycles. The van der Waals surface area contributed by atoms with Crippen LogP contribution in [0, 0.1) is 0 Å². The fraction of sp³-hybridized carbons (Fsp3) is 0.0667. The average molecular weight is 368 g/mol. The monoisotopic (exact) mass is 366 g/mol. The maximum absolute atomic E-state index is 11.6. The van der Waals surface area contributed by atoms with Crippen LogP contribution in [0.25, 0.3) is 0 Å². The van der Waals surface area contributed by atoms with Crippen LogP contribution >= 0.6 is 27.5 Å². The number of halogens is 2. The molecule has 6 heteroatoms. The summed E-state index contributed by atoms with van der Waals surface area (Å²) < 4.78 is 6.28. The molecule has 0 aliphatic carbocycles. The molecule has 1 N–H and O–H groups in total. The van der Waals surface area contributed by atoms with Crippen molar-refractivity contribution < 1.29 is 9.53 Å². The van der Waals surface area contributed by atoms with Crippen molar-refractivity contribution in [3.8, 4) is 5.75 Å². The van der Waals surface area contributed by atoms with Gasteiger partial charge in [-0.15, -0.1) is 0 Å². The largest absolute Gasteiger partial charge is 0.482 e. The zero-order chi connectivity index (χ0) is 15.1. The molecule has 4 nitrogen and oxygen atoms in total. The summed E-state index contributed by atoms with van der Waals surface area (Å²) in [5.41, 5.74) is 3.27. The van der Waals surface area contributed by atoms with Gasteiger partial charge in [0.25, 0.3) is 5.91 Å². The molecular weight excluding hydrogens is 356 g/mol. The molecule has 2 rings (SSSR count). The Hall–Kier alpha value is -1.85. The molecule has 1 amide bonds. The molecule has 0 bridgehead atoms. The molecule has 0 fully saturated rings. The van der Waals surface area contributed by atoms with Gasteiger partial charge in [0.05, 0.1) is 11.2 Å². The highest BCUT2D eigenvalue weighted by Gasteiger charge is 2.03. The minimum atomic E-state index is -0.358. The molecule has 2 aromatic carbocycles. The van der Waals surface area contributed by atoms with Crippen LogP contribution in [0.15, 0.2) is 58.1 Å². The number of nitrogens with one attached hydrogen (secondary N) is 1. The van der Waals surface area contributed by atoms with E-state index in [0.29, 0.717) is 10.8 Å². The number of carbonyl (C=O) groups excluding carboxylic acids is 1. The zero-order valence-electron chi connectivity index (χ0n) is 10.9. The molecule has 0 aromatic heterocycles. The van der Waals surface area contributed by atoms with Gasteiger partial charge in [0.1, 0.15) is 5.75 Å². The van der Waals surface area contributed by atoms with Crippen LogP contribution in [0.3, 0.4) is 0 Å². The lowest BCUT2D eigenvalue weighted by Gasteiger charge is -2.06. The third kappa shape index (κ3) is 5.21. The third-order valence-electron chi connectivity index (χ3n) is 2.47. The van der Waals surface area contributed by atoms with Crippen LogP contribution in [0.4, 0.5) is 0 Å². The van der Waals surface area contributed by atoms with E-state index < -0.39 is 0 Å². The van der Waals surface area contributed by atoms with Crippen LogP contribution in [0.1, 0.15) is 5.56 Å². The topological polar surface area (TPSA) is 50.7 Å². The summed E-state index contributed by atoms with van der Waals surface area (Å²) in [7, 11) is 0. The first-order valence-electron chi connectivity index (χ1n) is 6.10. The summed E-state index contributed by atoms with van der Waals surface area (Å²) in [5, 5.41) is 4.31. The van der Waals surface area contributed by atoms with Crippen LogP contribution in [-0.4, -0.2) is 18.7 Å². The lowest BCUT2D eigenvalue weighted by Crippen LogP contribution is -2.24. The molecule has 21 heavy (non-hydrogen) atoms. The van der Waals surface area contributed by atoms with Crippen LogP contribution in [-0.2, 0) is 4.79 Å². The molecule has 2 aromatic rings. The van der Waals surface area contributed by atoms with E-state index in [1.54, 1.807) is 30.5 Å². The van der Waals surface area contributed by atoms with Crippen molar-refractivity contribution in [2.75, 3.05) is 6.61 Å². The Kier molecular flexibility index (Phi) is 5.78. The van der Waals surface area contributed by atoms with Crippen molar-refractivity contribution in [2.24, 2.45) is 5.10 Å². The van der Waals surface area contributed by atoms with Gasteiger partial charge < -0.3 is 4.74 Å². The second-order valence-corrected chi connectivity index (χ2v) is 5.39. The molecule has 0 spiro atoms. The zero-order valence-corrected chi connectivity index (χ0v) is 13.3. The molecule has 0 unspecified atom stereocenters. The summed E-state index contributed by atoms with van der Waals surface area (Å²) in [6.07, 6.45) is 1.56. The number of benzene rings is 2. The van der Waals surface area contributed by atoms with Crippen molar-refractivity contribution in [3.63, 3.8) is 0 Å². The first kappa shape index (κ1) is 15.5. The van der Waals surface area contributed by atoms with E-state index in [0.717, 1.165) is 10.0 Å². The van der Waals surface area contributed by atoms with E-state index in [9.17, 15) is 4.79 Å². The van der Waals surface area contributed by atoms with Crippen LogP contribution in [0.5, 0.6) is 5.75 Å². The number of carbonyl (C=O) groups is 1. The summed E-state index contributed by atoms with van der Waals surface area (Å²) in [6.45, 7) is -0.151. The molecule has 0 radical (unpaired) electrons. The molecule has 0 aliphatic rings. The number of para-hydroxylation sites is 1. The molecule has 0 aliphatic heterocycles. The van der Waals surface area contributed by atoms with E-state index in [4.69, 9.17) is 16.3 Å². The van der Waals surface area contributed by atoms with Crippen molar-refractivity contribution in [2.45, 2.75) is 0 Å². The molecule has 108 valence electrons. The minimum Gasteiger partial charge on any atom is -0.482 e. The highest BCUT2D eigenvalue weighted by Crippen LogP contribution is 2.22. The molecule has 0 atom stereocenters. The highest BCUT2D eigenvalue weighted by molar-refractivity contribution is 9.10. The Bertz CT molecular complexity index is 644. The van der Waals surface area contributed by atoms with Gasteiger partial charge >= 0.3 is 0 Å². The van der Waals surface area contributed by atoms with Gasteiger partial charge in [0.15, 0.2) is 6.61 Å². The van der Waals surface area contributed by atoms with Gasteiger partial charge in [-0.3, -0.25) is 4.79 Å². The number of ether oxygens (including phenoxy) is 1. The van der Waals surface area contributed by atoms with E-state index >= 15 is 0 Å². The molecule has 0 heterocycles. The normalized spacial score (nSPS) is 10.6. The Morgan fingerprint density at radius 2 is 1.95 bits per heavy atom. The second-order valence-electron chi connectivity index (χ2n) is 4.06. The van der Waals surface area contributed by atoms with Crippen LogP contribution in [0.2, 0.25) is 5.02 Å². The van der Waals surface area contributed by atoms with Gasteiger partial charge in [-0.1, -0.05) is 51.8 Å². The maximum atomic E-state index is 11.6. The van der Waals surface area contributed by atoms with Gasteiger partial charge in [-0.2, -0.15) is 5.10 Å². The fourth-order valence-corrected chi connectivity index (χ4v) is 1.92. The second kappa shape index (κ2) is 7.81.